The minimum Gasteiger partial charge on any atom is -0.494 e. The number of hydrogen-bond acceptors (Lipinski definition) is 3. The molecule has 0 bridgehead atoms. The lowest BCUT2D eigenvalue weighted by atomic mass is 10.0. The van der Waals surface area contributed by atoms with Crippen LogP contribution >= 0.6 is 0 Å². The fraction of sp³-hybridized carbons (Fsp3) is 0.409. The third-order valence-electron chi connectivity index (χ3n) is 5.00. The number of hydrogen-bond donors (Lipinski definition) is 1. The number of nitrogens with zero attached hydrogens (tertiary/aromatic N) is 1. The number of amides is 1. The van der Waals surface area contributed by atoms with Gasteiger partial charge in [-0.15, -0.1) is 0 Å². The Morgan fingerprint density at radius 3 is 2.46 bits per heavy atom. The van der Waals surface area contributed by atoms with Gasteiger partial charge < -0.3 is 10.1 Å². The van der Waals surface area contributed by atoms with Gasteiger partial charge in [-0.05, 0) is 69.1 Å². The Labute approximate surface area is 156 Å². The van der Waals surface area contributed by atoms with E-state index < -0.39 is 0 Å². The third kappa shape index (κ3) is 4.44. The van der Waals surface area contributed by atoms with Crippen LogP contribution in [0.1, 0.15) is 47.3 Å². The Balaban J connectivity index is 1.72. The first kappa shape index (κ1) is 18.5. The van der Waals surface area contributed by atoms with Crippen LogP contribution in [-0.2, 0) is 0 Å². The van der Waals surface area contributed by atoms with Crippen molar-refractivity contribution < 1.29 is 9.53 Å². The fourth-order valence-corrected chi connectivity index (χ4v) is 3.58. The van der Waals surface area contributed by atoms with Gasteiger partial charge in [0.1, 0.15) is 5.75 Å². The summed E-state index contributed by atoms with van der Waals surface area (Å²) in [7, 11) is 0. The van der Waals surface area contributed by atoms with E-state index >= 15 is 0 Å². The molecule has 4 heteroatoms. The summed E-state index contributed by atoms with van der Waals surface area (Å²) < 4.78 is 5.55. The second-order valence-electron chi connectivity index (χ2n) is 6.79. The molecule has 1 saturated heterocycles. The highest BCUT2D eigenvalue weighted by Gasteiger charge is 2.24. The van der Waals surface area contributed by atoms with Gasteiger partial charge in [0, 0.05) is 12.1 Å². The van der Waals surface area contributed by atoms with Gasteiger partial charge in [0.2, 0.25) is 0 Å². The highest BCUT2D eigenvalue weighted by molar-refractivity contribution is 5.95. The highest BCUT2D eigenvalue weighted by atomic mass is 16.5. The van der Waals surface area contributed by atoms with Gasteiger partial charge in [0.25, 0.3) is 5.91 Å². The Hall–Kier alpha value is -2.33. The van der Waals surface area contributed by atoms with E-state index in [1.54, 1.807) is 0 Å². The molecule has 0 spiro atoms. The number of nitrogens with one attached hydrogen (secondary N) is 1. The molecule has 3 rings (SSSR count). The predicted molar refractivity (Wildman–Crippen MR) is 105 cm³/mol. The molecule has 1 N–H and O–H groups in total. The lowest BCUT2D eigenvalue weighted by molar-refractivity contribution is 0.0937. The van der Waals surface area contributed by atoms with Crippen molar-refractivity contribution in [3.05, 3.63) is 65.2 Å². The van der Waals surface area contributed by atoms with Crippen molar-refractivity contribution in [2.24, 2.45) is 0 Å². The molecule has 0 aromatic heterocycles. The molecule has 1 heterocycles. The van der Waals surface area contributed by atoms with E-state index in [1.165, 1.54) is 18.4 Å². The zero-order chi connectivity index (χ0) is 18.4. The minimum absolute atomic E-state index is 0.00164. The molecule has 4 nitrogen and oxygen atoms in total. The number of aryl methyl sites for hydroxylation is 1. The molecule has 0 saturated carbocycles. The van der Waals surface area contributed by atoms with Crippen LogP contribution in [0.15, 0.2) is 48.5 Å². The molecule has 138 valence electrons. The summed E-state index contributed by atoms with van der Waals surface area (Å²) in [5.41, 5.74) is 2.98. The van der Waals surface area contributed by atoms with Gasteiger partial charge in [-0.2, -0.15) is 0 Å². The van der Waals surface area contributed by atoms with E-state index in [-0.39, 0.29) is 11.9 Å². The summed E-state index contributed by atoms with van der Waals surface area (Å²) >= 11 is 0. The van der Waals surface area contributed by atoms with E-state index in [4.69, 9.17) is 4.74 Å². The molecular formula is C22H28N2O2. The number of ether oxygens (including phenoxy) is 1. The second kappa shape index (κ2) is 8.86. The van der Waals surface area contributed by atoms with Crippen LogP contribution in [0.5, 0.6) is 5.75 Å². The number of likely N-dealkylation sites (tertiary alicyclic amines) is 1. The SMILES string of the molecule is CCOc1ccc(C(CNC(=O)c2ccccc2C)N2CCCC2)cc1. The third-order valence-corrected chi connectivity index (χ3v) is 5.00. The fourth-order valence-electron chi connectivity index (χ4n) is 3.58. The van der Waals surface area contributed by atoms with Gasteiger partial charge in [-0.1, -0.05) is 30.3 Å². The van der Waals surface area contributed by atoms with Gasteiger partial charge in [0.05, 0.1) is 12.6 Å². The maximum Gasteiger partial charge on any atom is 0.251 e. The summed E-state index contributed by atoms with van der Waals surface area (Å²) in [5, 5.41) is 3.14. The monoisotopic (exact) mass is 352 g/mol. The molecule has 0 radical (unpaired) electrons. The quantitative estimate of drug-likeness (QED) is 0.820. The van der Waals surface area contributed by atoms with Crippen molar-refractivity contribution in [3.8, 4) is 5.75 Å². The van der Waals surface area contributed by atoms with Crippen LogP contribution in [0.25, 0.3) is 0 Å². The van der Waals surface area contributed by atoms with Crippen molar-refractivity contribution in [2.45, 2.75) is 32.7 Å². The van der Waals surface area contributed by atoms with Crippen molar-refractivity contribution in [1.29, 1.82) is 0 Å². The molecule has 1 amide bonds. The number of carbonyl (C=O) groups excluding carboxylic acids is 1. The average molecular weight is 352 g/mol. The zero-order valence-electron chi connectivity index (χ0n) is 15.7. The molecular weight excluding hydrogens is 324 g/mol. The summed E-state index contributed by atoms with van der Waals surface area (Å²) in [4.78, 5) is 15.1. The molecule has 1 fully saturated rings. The summed E-state index contributed by atoms with van der Waals surface area (Å²) in [6.45, 7) is 7.40. The lowest BCUT2D eigenvalue weighted by Crippen LogP contribution is -2.37. The Morgan fingerprint density at radius 2 is 1.81 bits per heavy atom. The van der Waals surface area contributed by atoms with Gasteiger partial charge in [-0.3, -0.25) is 9.69 Å². The van der Waals surface area contributed by atoms with Crippen LogP contribution in [0.4, 0.5) is 0 Å². The number of rotatable bonds is 7. The molecule has 1 aliphatic rings. The lowest BCUT2D eigenvalue weighted by Gasteiger charge is -2.28. The highest BCUT2D eigenvalue weighted by Crippen LogP contribution is 2.26. The normalized spacial score (nSPS) is 15.6. The molecule has 1 aliphatic heterocycles. The van der Waals surface area contributed by atoms with Crippen molar-refractivity contribution >= 4 is 5.91 Å². The Morgan fingerprint density at radius 1 is 1.12 bits per heavy atom. The van der Waals surface area contributed by atoms with Crippen LogP contribution < -0.4 is 10.1 Å². The topological polar surface area (TPSA) is 41.6 Å². The first-order valence-corrected chi connectivity index (χ1v) is 9.49. The molecule has 1 unspecified atom stereocenters. The summed E-state index contributed by atoms with van der Waals surface area (Å²) in [6.07, 6.45) is 2.44. The Kier molecular flexibility index (Phi) is 6.29. The van der Waals surface area contributed by atoms with E-state index in [9.17, 15) is 4.79 Å². The van der Waals surface area contributed by atoms with E-state index in [1.807, 2.05) is 50.2 Å². The van der Waals surface area contributed by atoms with Gasteiger partial charge in [-0.25, -0.2) is 0 Å². The smallest absolute Gasteiger partial charge is 0.251 e. The summed E-state index contributed by atoms with van der Waals surface area (Å²) in [5.74, 6) is 0.888. The van der Waals surface area contributed by atoms with Crippen LogP contribution in [0, 0.1) is 6.92 Å². The molecule has 0 aliphatic carbocycles. The second-order valence-corrected chi connectivity index (χ2v) is 6.79. The standard InChI is InChI=1S/C22H28N2O2/c1-3-26-19-12-10-18(11-13-19)21(24-14-6-7-15-24)16-23-22(25)20-9-5-4-8-17(20)2/h4-5,8-13,21H,3,6-7,14-16H2,1-2H3,(H,23,25). The maximum absolute atomic E-state index is 12.6. The predicted octanol–water partition coefficient (Wildman–Crippen LogP) is 3.96. The number of carbonyl (C=O) groups is 1. The van der Waals surface area contributed by atoms with E-state index in [0.29, 0.717) is 13.2 Å². The van der Waals surface area contributed by atoms with Crippen molar-refractivity contribution in [3.63, 3.8) is 0 Å². The van der Waals surface area contributed by atoms with Crippen LogP contribution in [0.3, 0.4) is 0 Å². The molecule has 26 heavy (non-hydrogen) atoms. The zero-order valence-corrected chi connectivity index (χ0v) is 15.7. The van der Waals surface area contributed by atoms with Crippen LogP contribution in [-0.4, -0.2) is 37.0 Å². The van der Waals surface area contributed by atoms with Crippen LogP contribution in [0.2, 0.25) is 0 Å². The molecule has 1 atom stereocenters. The number of benzene rings is 2. The first-order chi connectivity index (χ1) is 12.7. The summed E-state index contributed by atoms with van der Waals surface area (Å²) in [6, 6.07) is 16.2. The minimum atomic E-state index is -0.00164. The maximum atomic E-state index is 12.6. The first-order valence-electron chi connectivity index (χ1n) is 9.49. The molecule has 2 aromatic rings. The van der Waals surface area contributed by atoms with Gasteiger partial charge in [0.15, 0.2) is 0 Å². The van der Waals surface area contributed by atoms with E-state index in [2.05, 4.69) is 22.3 Å². The Bertz CT molecular complexity index is 721. The average Bonchev–Trinajstić information content (AvgIpc) is 3.18. The van der Waals surface area contributed by atoms with Crippen molar-refractivity contribution in [2.75, 3.05) is 26.2 Å². The van der Waals surface area contributed by atoms with Gasteiger partial charge >= 0.3 is 0 Å². The molecule has 2 aromatic carbocycles. The van der Waals surface area contributed by atoms with Crippen molar-refractivity contribution in [1.82, 2.24) is 10.2 Å². The van der Waals surface area contributed by atoms with E-state index in [0.717, 1.165) is 30.0 Å². The largest absolute Gasteiger partial charge is 0.494 e.